The summed E-state index contributed by atoms with van der Waals surface area (Å²) in [7, 11) is 0. The Hall–Kier alpha value is -0.540. The summed E-state index contributed by atoms with van der Waals surface area (Å²) in [6.45, 7) is 2.75. The molecule has 1 unspecified atom stereocenters. The Morgan fingerprint density at radius 2 is 2.46 bits per heavy atom. The summed E-state index contributed by atoms with van der Waals surface area (Å²) in [6, 6.07) is 0. The maximum atomic E-state index is 9.90. The van der Waals surface area contributed by atoms with Crippen LogP contribution in [0, 0.1) is 5.92 Å². The fourth-order valence-electron chi connectivity index (χ4n) is 1.55. The summed E-state index contributed by atoms with van der Waals surface area (Å²) in [4.78, 5) is 0. The SMILES string of the molecule is CCn1ncc(Cl)c1C(O)C1CC1. The highest BCUT2D eigenvalue weighted by Crippen LogP contribution is 2.42. The van der Waals surface area contributed by atoms with Crippen molar-refractivity contribution in [3.63, 3.8) is 0 Å². The third-order valence-corrected chi connectivity index (χ3v) is 2.77. The van der Waals surface area contributed by atoms with Gasteiger partial charge in [0.1, 0.15) is 0 Å². The quantitative estimate of drug-likeness (QED) is 0.811. The van der Waals surface area contributed by atoms with Crippen molar-refractivity contribution >= 4 is 11.6 Å². The molecule has 0 aromatic carbocycles. The topological polar surface area (TPSA) is 38.0 Å². The van der Waals surface area contributed by atoms with Gasteiger partial charge in [0.2, 0.25) is 0 Å². The van der Waals surface area contributed by atoms with Gasteiger partial charge in [-0.25, -0.2) is 0 Å². The van der Waals surface area contributed by atoms with Crippen molar-refractivity contribution in [2.24, 2.45) is 5.92 Å². The zero-order valence-electron chi connectivity index (χ0n) is 7.57. The smallest absolute Gasteiger partial charge is 0.0999 e. The molecule has 3 nitrogen and oxygen atoms in total. The minimum atomic E-state index is -0.421. The summed E-state index contributed by atoms with van der Waals surface area (Å²) in [6.07, 6.45) is 3.39. The van der Waals surface area contributed by atoms with Gasteiger partial charge in [-0.1, -0.05) is 11.6 Å². The molecule has 13 heavy (non-hydrogen) atoms. The van der Waals surface area contributed by atoms with E-state index < -0.39 is 6.10 Å². The van der Waals surface area contributed by atoms with E-state index in [0.717, 1.165) is 25.1 Å². The highest BCUT2D eigenvalue weighted by Gasteiger charge is 2.34. The van der Waals surface area contributed by atoms with Gasteiger partial charge in [0, 0.05) is 6.54 Å². The maximum absolute atomic E-state index is 9.90. The minimum Gasteiger partial charge on any atom is -0.386 e. The van der Waals surface area contributed by atoms with Crippen LogP contribution < -0.4 is 0 Å². The van der Waals surface area contributed by atoms with E-state index in [1.165, 1.54) is 0 Å². The summed E-state index contributed by atoms with van der Waals surface area (Å²) in [5.74, 6) is 0.402. The van der Waals surface area contributed by atoms with Crippen LogP contribution in [-0.4, -0.2) is 14.9 Å². The van der Waals surface area contributed by atoms with E-state index in [2.05, 4.69) is 5.10 Å². The van der Waals surface area contributed by atoms with Crippen LogP contribution in [0.15, 0.2) is 6.20 Å². The molecule has 1 N–H and O–H groups in total. The van der Waals surface area contributed by atoms with Gasteiger partial charge < -0.3 is 5.11 Å². The lowest BCUT2D eigenvalue weighted by Gasteiger charge is -2.11. The van der Waals surface area contributed by atoms with Gasteiger partial charge in [-0.05, 0) is 25.7 Å². The number of aliphatic hydroxyl groups is 1. The molecule has 0 bridgehead atoms. The number of hydrogen-bond acceptors (Lipinski definition) is 2. The molecule has 1 aliphatic rings. The molecular weight excluding hydrogens is 188 g/mol. The first-order chi connectivity index (χ1) is 6.24. The first-order valence-corrected chi connectivity index (χ1v) is 5.01. The van der Waals surface area contributed by atoms with Gasteiger partial charge in [0.05, 0.1) is 23.0 Å². The summed E-state index contributed by atoms with van der Waals surface area (Å²) in [5.41, 5.74) is 0.784. The molecule has 1 fully saturated rings. The zero-order chi connectivity index (χ0) is 9.42. The Bertz CT molecular complexity index is 307. The normalized spacial score (nSPS) is 19.0. The number of nitrogens with zero attached hydrogens (tertiary/aromatic N) is 2. The highest BCUT2D eigenvalue weighted by molar-refractivity contribution is 6.31. The first-order valence-electron chi connectivity index (χ1n) is 4.63. The molecule has 0 aliphatic heterocycles. The lowest BCUT2D eigenvalue weighted by molar-refractivity contribution is 0.143. The van der Waals surface area contributed by atoms with Crippen LogP contribution in [0.25, 0.3) is 0 Å². The largest absolute Gasteiger partial charge is 0.386 e. The van der Waals surface area contributed by atoms with Crippen LogP contribution in [0.5, 0.6) is 0 Å². The molecule has 0 spiro atoms. The molecule has 2 rings (SSSR count). The van der Waals surface area contributed by atoms with E-state index >= 15 is 0 Å². The maximum Gasteiger partial charge on any atom is 0.0999 e. The Kier molecular flexibility index (Phi) is 2.30. The standard InChI is InChI=1S/C9H13ClN2O/c1-2-12-8(7(10)5-11-12)9(13)6-3-4-6/h5-6,9,13H,2-4H2,1H3. The molecule has 4 heteroatoms. The van der Waals surface area contributed by atoms with Crippen molar-refractivity contribution in [2.45, 2.75) is 32.4 Å². The van der Waals surface area contributed by atoms with Crippen molar-refractivity contribution in [3.8, 4) is 0 Å². The van der Waals surface area contributed by atoms with Gasteiger partial charge in [0.15, 0.2) is 0 Å². The first kappa shape index (κ1) is 9.03. The van der Waals surface area contributed by atoms with Crippen LogP contribution in [-0.2, 0) is 6.54 Å². The molecule has 1 atom stereocenters. The third kappa shape index (κ3) is 1.58. The van der Waals surface area contributed by atoms with Crippen LogP contribution in [0.2, 0.25) is 5.02 Å². The number of aliphatic hydroxyl groups excluding tert-OH is 1. The van der Waals surface area contributed by atoms with E-state index in [-0.39, 0.29) is 0 Å². The van der Waals surface area contributed by atoms with Gasteiger partial charge in [0.25, 0.3) is 0 Å². The van der Waals surface area contributed by atoms with Crippen LogP contribution >= 0.6 is 11.6 Å². The average Bonchev–Trinajstić information content (AvgIpc) is 2.89. The van der Waals surface area contributed by atoms with Crippen molar-refractivity contribution in [2.75, 3.05) is 0 Å². The molecule has 0 amide bonds. The van der Waals surface area contributed by atoms with Gasteiger partial charge in [-0.15, -0.1) is 0 Å². The highest BCUT2D eigenvalue weighted by atomic mass is 35.5. The van der Waals surface area contributed by atoms with E-state index in [1.807, 2.05) is 6.92 Å². The molecule has 1 aromatic rings. The zero-order valence-corrected chi connectivity index (χ0v) is 8.33. The fourth-order valence-corrected chi connectivity index (χ4v) is 1.81. The predicted molar refractivity (Wildman–Crippen MR) is 50.6 cm³/mol. The number of rotatable bonds is 3. The van der Waals surface area contributed by atoms with Crippen LogP contribution in [0.1, 0.15) is 31.6 Å². The van der Waals surface area contributed by atoms with Crippen LogP contribution in [0.3, 0.4) is 0 Å². The second kappa shape index (κ2) is 3.31. The molecule has 72 valence electrons. The molecule has 0 radical (unpaired) electrons. The Labute approximate surface area is 82.3 Å². The summed E-state index contributed by atoms with van der Waals surface area (Å²) in [5, 5.41) is 14.6. The van der Waals surface area contributed by atoms with Crippen molar-refractivity contribution < 1.29 is 5.11 Å². The Balaban J connectivity index is 2.29. The lowest BCUT2D eigenvalue weighted by Crippen LogP contribution is -2.09. The molecule has 1 heterocycles. The van der Waals surface area contributed by atoms with E-state index in [1.54, 1.807) is 10.9 Å². The van der Waals surface area contributed by atoms with Crippen molar-refractivity contribution in [3.05, 3.63) is 16.9 Å². The Morgan fingerprint density at radius 1 is 1.77 bits per heavy atom. The number of halogens is 1. The lowest BCUT2D eigenvalue weighted by atomic mass is 10.1. The second-order valence-electron chi connectivity index (χ2n) is 3.48. The molecule has 1 aromatic heterocycles. The monoisotopic (exact) mass is 200 g/mol. The Morgan fingerprint density at radius 3 is 3.00 bits per heavy atom. The molecule has 0 saturated heterocycles. The number of aryl methyl sites for hydroxylation is 1. The second-order valence-corrected chi connectivity index (χ2v) is 3.88. The molecular formula is C9H13ClN2O. The molecule has 1 saturated carbocycles. The number of aromatic nitrogens is 2. The van der Waals surface area contributed by atoms with Gasteiger partial charge in [-0.3, -0.25) is 4.68 Å². The molecule has 1 aliphatic carbocycles. The fraction of sp³-hybridized carbons (Fsp3) is 0.667. The van der Waals surface area contributed by atoms with E-state index in [0.29, 0.717) is 10.9 Å². The summed E-state index contributed by atoms with van der Waals surface area (Å²) >= 11 is 5.95. The average molecular weight is 201 g/mol. The van der Waals surface area contributed by atoms with Gasteiger partial charge in [-0.2, -0.15) is 5.10 Å². The van der Waals surface area contributed by atoms with Crippen molar-refractivity contribution in [1.29, 1.82) is 0 Å². The summed E-state index contributed by atoms with van der Waals surface area (Å²) < 4.78 is 1.77. The third-order valence-electron chi connectivity index (χ3n) is 2.48. The van der Waals surface area contributed by atoms with Crippen LogP contribution in [0.4, 0.5) is 0 Å². The predicted octanol–water partition coefficient (Wildman–Crippen LogP) is 2.00. The number of hydrogen-bond donors (Lipinski definition) is 1. The van der Waals surface area contributed by atoms with Gasteiger partial charge >= 0.3 is 0 Å². The van der Waals surface area contributed by atoms with Crippen molar-refractivity contribution in [1.82, 2.24) is 9.78 Å². The van der Waals surface area contributed by atoms with E-state index in [4.69, 9.17) is 11.6 Å². The minimum absolute atomic E-state index is 0.402. The van der Waals surface area contributed by atoms with E-state index in [9.17, 15) is 5.11 Å².